The molecule has 1 unspecified atom stereocenters. The first-order valence-electron chi connectivity index (χ1n) is 11.0. The van der Waals surface area contributed by atoms with Crippen molar-refractivity contribution in [3.8, 4) is 0 Å². The van der Waals surface area contributed by atoms with Crippen LogP contribution < -0.4 is 5.32 Å². The number of nitrogens with zero attached hydrogens (tertiary/aromatic N) is 2. The van der Waals surface area contributed by atoms with Crippen LogP contribution in [0.25, 0.3) is 0 Å². The highest BCUT2D eigenvalue weighted by Crippen LogP contribution is 2.20. The summed E-state index contributed by atoms with van der Waals surface area (Å²) in [4.78, 5) is 26.8. The maximum absolute atomic E-state index is 12.7. The summed E-state index contributed by atoms with van der Waals surface area (Å²) >= 11 is 0. The summed E-state index contributed by atoms with van der Waals surface area (Å²) in [5.74, 6) is -0.416. The van der Waals surface area contributed by atoms with Gasteiger partial charge in [0.1, 0.15) is 5.60 Å². The molecule has 2 heterocycles. The minimum atomic E-state index is -3.54. The van der Waals surface area contributed by atoms with Gasteiger partial charge in [0.25, 0.3) is 0 Å². The van der Waals surface area contributed by atoms with Crippen LogP contribution in [-0.4, -0.2) is 74.6 Å². The molecule has 0 bridgehead atoms. The molecule has 0 aliphatic carbocycles. The highest BCUT2D eigenvalue weighted by atomic mass is 32.2. The summed E-state index contributed by atoms with van der Waals surface area (Å²) in [7, 11) is -3.54. The maximum atomic E-state index is 12.7. The summed E-state index contributed by atoms with van der Waals surface area (Å²) < 4.78 is 37.5. The van der Waals surface area contributed by atoms with Crippen molar-refractivity contribution in [1.82, 2.24) is 14.5 Å². The molecule has 0 aromatic heterocycles. The molecule has 0 spiro atoms. The Kier molecular flexibility index (Phi) is 7.79. The van der Waals surface area contributed by atoms with Crippen molar-refractivity contribution in [3.05, 3.63) is 29.8 Å². The molecule has 2 saturated heterocycles. The zero-order valence-electron chi connectivity index (χ0n) is 19.0. The molecule has 1 N–H and O–H groups in total. The Morgan fingerprint density at radius 3 is 2.41 bits per heavy atom. The van der Waals surface area contributed by atoms with E-state index >= 15 is 0 Å². The van der Waals surface area contributed by atoms with E-state index in [2.05, 4.69) is 5.32 Å². The van der Waals surface area contributed by atoms with Crippen LogP contribution in [0.1, 0.15) is 39.2 Å². The fraction of sp³-hybridized carbons (Fsp3) is 0.636. The zero-order valence-corrected chi connectivity index (χ0v) is 19.8. The number of benzene rings is 1. The lowest BCUT2D eigenvalue weighted by Gasteiger charge is -2.33. The number of sulfonamides is 1. The fourth-order valence-electron chi connectivity index (χ4n) is 3.73. The lowest BCUT2D eigenvalue weighted by molar-refractivity contribution is -0.126. The van der Waals surface area contributed by atoms with Crippen LogP contribution in [-0.2, 0) is 30.8 Å². The number of morpholine rings is 1. The van der Waals surface area contributed by atoms with Gasteiger partial charge in [0, 0.05) is 32.7 Å². The van der Waals surface area contributed by atoms with Gasteiger partial charge in [0.2, 0.25) is 15.9 Å². The molecule has 2 amide bonds. The number of piperidine rings is 1. The molecule has 178 valence electrons. The van der Waals surface area contributed by atoms with E-state index in [1.165, 1.54) is 4.31 Å². The minimum absolute atomic E-state index is 0.122. The maximum Gasteiger partial charge on any atom is 0.410 e. The Morgan fingerprint density at radius 2 is 1.78 bits per heavy atom. The standard InChI is InChI=1S/C22H33N3O6S/c1-22(2,3)31-21(27)24-10-4-5-18(16-24)20(26)23-15-17-6-8-19(9-7-17)32(28,29)25-11-13-30-14-12-25/h6-9,18H,4-5,10-16H2,1-3H3,(H,23,26). The SMILES string of the molecule is CC(C)(C)OC(=O)N1CCCC(C(=O)NCc2ccc(S(=O)(=O)N3CCOCC3)cc2)C1. The normalized spacial score (nSPS) is 20.6. The van der Waals surface area contributed by atoms with Gasteiger partial charge in [-0.3, -0.25) is 4.79 Å². The summed E-state index contributed by atoms with van der Waals surface area (Å²) in [5.41, 5.74) is 0.229. The monoisotopic (exact) mass is 467 g/mol. The predicted molar refractivity (Wildman–Crippen MR) is 118 cm³/mol. The van der Waals surface area contributed by atoms with Crippen molar-refractivity contribution in [2.45, 2.75) is 50.7 Å². The van der Waals surface area contributed by atoms with Gasteiger partial charge in [-0.25, -0.2) is 13.2 Å². The third kappa shape index (κ3) is 6.43. The number of likely N-dealkylation sites (tertiary alicyclic amines) is 1. The van der Waals surface area contributed by atoms with E-state index in [0.29, 0.717) is 52.4 Å². The van der Waals surface area contributed by atoms with Crippen LogP contribution in [0.3, 0.4) is 0 Å². The van der Waals surface area contributed by atoms with Crippen LogP contribution in [0.15, 0.2) is 29.2 Å². The number of hydrogen-bond acceptors (Lipinski definition) is 6. The first-order chi connectivity index (χ1) is 15.1. The van der Waals surface area contributed by atoms with Crippen molar-refractivity contribution >= 4 is 22.0 Å². The summed E-state index contributed by atoms with van der Waals surface area (Å²) in [6.07, 6.45) is 1.06. The number of carbonyl (C=O) groups is 2. The lowest BCUT2D eigenvalue weighted by atomic mass is 9.97. The molecule has 2 fully saturated rings. The molecule has 10 heteroatoms. The van der Waals surface area contributed by atoms with Gasteiger partial charge in [0.15, 0.2) is 0 Å². The van der Waals surface area contributed by atoms with Crippen molar-refractivity contribution in [3.63, 3.8) is 0 Å². The number of carbonyl (C=O) groups excluding carboxylic acids is 2. The molecule has 32 heavy (non-hydrogen) atoms. The molecule has 2 aliphatic rings. The van der Waals surface area contributed by atoms with Gasteiger partial charge in [-0.2, -0.15) is 4.31 Å². The van der Waals surface area contributed by atoms with Gasteiger partial charge in [0.05, 0.1) is 24.0 Å². The molecule has 0 saturated carbocycles. The summed E-state index contributed by atoms with van der Waals surface area (Å²) in [5, 5.41) is 2.90. The highest BCUT2D eigenvalue weighted by molar-refractivity contribution is 7.89. The Hall–Kier alpha value is -2.17. The minimum Gasteiger partial charge on any atom is -0.444 e. The molecular weight excluding hydrogens is 434 g/mol. The largest absolute Gasteiger partial charge is 0.444 e. The Balaban J connectivity index is 1.53. The van der Waals surface area contributed by atoms with E-state index in [9.17, 15) is 18.0 Å². The zero-order chi connectivity index (χ0) is 23.4. The van der Waals surface area contributed by atoms with Crippen LogP contribution in [0.2, 0.25) is 0 Å². The average molecular weight is 468 g/mol. The van der Waals surface area contributed by atoms with Crippen LogP contribution >= 0.6 is 0 Å². The lowest BCUT2D eigenvalue weighted by Crippen LogP contribution is -2.46. The van der Waals surface area contributed by atoms with E-state index in [4.69, 9.17) is 9.47 Å². The quantitative estimate of drug-likeness (QED) is 0.710. The molecule has 9 nitrogen and oxygen atoms in total. The number of hydrogen-bond donors (Lipinski definition) is 1. The van der Waals surface area contributed by atoms with Gasteiger partial charge in [-0.05, 0) is 51.3 Å². The second-order valence-electron chi connectivity index (χ2n) is 9.14. The second kappa shape index (κ2) is 10.2. The van der Waals surface area contributed by atoms with Crippen molar-refractivity contribution < 1.29 is 27.5 Å². The van der Waals surface area contributed by atoms with Gasteiger partial charge >= 0.3 is 6.09 Å². The van der Waals surface area contributed by atoms with E-state index in [1.807, 2.05) is 20.8 Å². The van der Waals surface area contributed by atoms with Crippen molar-refractivity contribution in [1.29, 1.82) is 0 Å². The molecule has 3 rings (SSSR count). The first kappa shape index (κ1) is 24.5. The van der Waals surface area contributed by atoms with Gasteiger partial charge in [-0.1, -0.05) is 12.1 Å². The predicted octanol–water partition coefficient (Wildman–Crippen LogP) is 1.97. The molecule has 0 radical (unpaired) electrons. The van der Waals surface area contributed by atoms with Crippen molar-refractivity contribution in [2.24, 2.45) is 5.92 Å². The third-order valence-corrected chi connectivity index (χ3v) is 7.35. The second-order valence-corrected chi connectivity index (χ2v) is 11.1. The van der Waals surface area contributed by atoms with Crippen LogP contribution in [0, 0.1) is 5.92 Å². The van der Waals surface area contributed by atoms with E-state index < -0.39 is 21.7 Å². The summed E-state index contributed by atoms with van der Waals surface area (Å²) in [6, 6.07) is 6.55. The van der Waals surface area contributed by atoms with Crippen molar-refractivity contribution in [2.75, 3.05) is 39.4 Å². The first-order valence-corrected chi connectivity index (χ1v) is 12.4. The third-order valence-electron chi connectivity index (χ3n) is 5.44. The van der Waals surface area contributed by atoms with Crippen LogP contribution in [0.5, 0.6) is 0 Å². The van der Waals surface area contributed by atoms with Gasteiger partial charge in [-0.15, -0.1) is 0 Å². The number of amides is 2. The fourth-order valence-corrected chi connectivity index (χ4v) is 5.14. The highest BCUT2D eigenvalue weighted by Gasteiger charge is 2.31. The van der Waals surface area contributed by atoms with Crippen LogP contribution in [0.4, 0.5) is 4.79 Å². The topological polar surface area (TPSA) is 105 Å². The molecular formula is C22H33N3O6S. The van der Waals surface area contributed by atoms with Gasteiger partial charge < -0.3 is 19.7 Å². The smallest absolute Gasteiger partial charge is 0.410 e. The Labute approximate surface area is 190 Å². The Morgan fingerprint density at radius 1 is 1.12 bits per heavy atom. The number of ether oxygens (including phenoxy) is 2. The molecule has 1 aromatic rings. The summed E-state index contributed by atoms with van der Waals surface area (Å²) in [6.45, 7) is 8.15. The molecule has 2 aliphatic heterocycles. The van der Waals surface area contributed by atoms with E-state index in [0.717, 1.165) is 12.0 Å². The van der Waals surface area contributed by atoms with E-state index in [1.54, 1.807) is 29.2 Å². The number of rotatable bonds is 5. The number of nitrogens with one attached hydrogen (secondary N) is 1. The average Bonchev–Trinajstić information content (AvgIpc) is 2.77. The molecule has 1 aromatic carbocycles. The Bertz CT molecular complexity index is 905. The van der Waals surface area contributed by atoms with E-state index in [-0.39, 0.29) is 16.7 Å². The molecule has 1 atom stereocenters.